The SMILES string of the molecule is CCC1CN(C(C(=O)OC)c2cc(C(F)(F)F)cc(C(F)(F)F)c2)c2cc(C)c(C)cc2N1C(=O)OC. The Balaban J connectivity index is 2.33. The van der Waals surface area contributed by atoms with Crippen molar-refractivity contribution in [1.29, 1.82) is 0 Å². The molecular formula is C25H26F6N2O4. The predicted molar refractivity (Wildman–Crippen MR) is 123 cm³/mol. The summed E-state index contributed by atoms with van der Waals surface area (Å²) in [7, 11) is 2.19. The molecule has 0 spiro atoms. The second-order valence-electron chi connectivity index (χ2n) is 8.74. The van der Waals surface area contributed by atoms with Gasteiger partial charge in [-0.3, -0.25) is 4.90 Å². The van der Waals surface area contributed by atoms with Crippen LogP contribution < -0.4 is 9.80 Å². The van der Waals surface area contributed by atoms with E-state index < -0.39 is 53.2 Å². The van der Waals surface area contributed by atoms with Crippen LogP contribution in [0, 0.1) is 13.8 Å². The van der Waals surface area contributed by atoms with E-state index in [2.05, 4.69) is 0 Å². The third kappa shape index (κ3) is 5.47. The molecule has 0 aromatic heterocycles. The summed E-state index contributed by atoms with van der Waals surface area (Å²) in [6, 6.07) is 2.06. The molecule has 0 saturated heterocycles. The maximum absolute atomic E-state index is 13.6. The van der Waals surface area contributed by atoms with Crippen LogP contribution in [0.15, 0.2) is 30.3 Å². The fraction of sp³-hybridized carbons (Fsp3) is 0.440. The molecule has 37 heavy (non-hydrogen) atoms. The van der Waals surface area contributed by atoms with Crippen LogP contribution in [0.4, 0.5) is 42.5 Å². The fourth-order valence-corrected chi connectivity index (χ4v) is 4.41. The van der Waals surface area contributed by atoms with Crippen molar-refractivity contribution in [3.8, 4) is 0 Å². The van der Waals surface area contributed by atoms with Gasteiger partial charge in [0, 0.05) is 6.54 Å². The second kappa shape index (κ2) is 10.1. The first kappa shape index (κ1) is 28.1. The zero-order valence-corrected chi connectivity index (χ0v) is 20.8. The molecule has 1 amide bonds. The van der Waals surface area contributed by atoms with Gasteiger partial charge >= 0.3 is 24.4 Å². The molecule has 3 rings (SSSR count). The molecule has 2 atom stereocenters. The second-order valence-corrected chi connectivity index (χ2v) is 8.74. The number of hydrogen-bond acceptors (Lipinski definition) is 5. The predicted octanol–water partition coefficient (Wildman–Crippen LogP) is 6.43. The number of ether oxygens (including phenoxy) is 2. The lowest BCUT2D eigenvalue weighted by molar-refractivity contribution is -0.145. The number of nitrogens with zero attached hydrogens (tertiary/aromatic N) is 2. The van der Waals surface area contributed by atoms with E-state index in [-0.39, 0.29) is 18.3 Å². The van der Waals surface area contributed by atoms with E-state index in [1.807, 2.05) is 0 Å². The molecule has 0 aliphatic carbocycles. The van der Waals surface area contributed by atoms with Crippen molar-refractivity contribution in [2.24, 2.45) is 0 Å². The summed E-state index contributed by atoms with van der Waals surface area (Å²) in [4.78, 5) is 28.5. The molecule has 1 aliphatic rings. The van der Waals surface area contributed by atoms with Crippen molar-refractivity contribution in [3.63, 3.8) is 0 Å². The standard InChI is InChI=1S/C25H26F6N2O4/c1-6-18-12-32(19-7-13(2)14(3)8-20(19)33(18)23(35)37-5)21(22(34)36-4)15-9-16(24(26,27)28)11-17(10-15)25(29,30)31/h7-11,18,21H,6,12H2,1-5H3. The monoisotopic (exact) mass is 532 g/mol. The van der Waals surface area contributed by atoms with Crippen LogP contribution in [0.1, 0.15) is 47.2 Å². The molecule has 0 N–H and O–H groups in total. The van der Waals surface area contributed by atoms with Gasteiger partial charge in [0.05, 0.1) is 42.8 Å². The number of esters is 1. The zero-order chi connectivity index (χ0) is 27.9. The van der Waals surface area contributed by atoms with Gasteiger partial charge in [-0.05, 0) is 67.3 Å². The summed E-state index contributed by atoms with van der Waals surface area (Å²) < 4.78 is 91.4. The van der Waals surface area contributed by atoms with Crippen LogP contribution in [-0.2, 0) is 26.6 Å². The van der Waals surface area contributed by atoms with E-state index in [4.69, 9.17) is 9.47 Å². The third-order valence-electron chi connectivity index (χ3n) is 6.44. The number of alkyl halides is 6. The lowest BCUT2D eigenvalue weighted by Crippen LogP contribution is -2.53. The largest absolute Gasteiger partial charge is 0.467 e. The van der Waals surface area contributed by atoms with Crippen molar-refractivity contribution in [2.75, 3.05) is 30.6 Å². The van der Waals surface area contributed by atoms with Gasteiger partial charge in [0.15, 0.2) is 6.04 Å². The van der Waals surface area contributed by atoms with Crippen LogP contribution in [0.2, 0.25) is 0 Å². The summed E-state index contributed by atoms with van der Waals surface area (Å²) in [6.07, 6.45) is -10.5. The number of carbonyl (C=O) groups is 2. The van der Waals surface area contributed by atoms with Crippen LogP contribution in [0.25, 0.3) is 0 Å². The summed E-state index contributed by atoms with van der Waals surface area (Å²) in [5.74, 6) is -1.06. The highest BCUT2D eigenvalue weighted by atomic mass is 19.4. The molecule has 2 aromatic rings. The van der Waals surface area contributed by atoms with Gasteiger partial charge in [-0.2, -0.15) is 26.3 Å². The summed E-state index contributed by atoms with van der Waals surface area (Å²) in [5, 5.41) is 0. The Hall–Kier alpha value is -3.44. The van der Waals surface area contributed by atoms with E-state index in [1.54, 1.807) is 32.9 Å². The van der Waals surface area contributed by atoms with Crippen molar-refractivity contribution < 1.29 is 45.4 Å². The van der Waals surface area contributed by atoms with Gasteiger partial charge in [0.2, 0.25) is 0 Å². The highest BCUT2D eigenvalue weighted by Gasteiger charge is 2.43. The van der Waals surface area contributed by atoms with Crippen LogP contribution in [0.5, 0.6) is 0 Å². The molecule has 0 bridgehead atoms. The number of benzene rings is 2. The topological polar surface area (TPSA) is 59.1 Å². The first-order chi connectivity index (χ1) is 17.1. The molecule has 6 nitrogen and oxygen atoms in total. The Morgan fingerprint density at radius 1 is 0.892 bits per heavy atom. The van der Waals surface area contributed by atoms with Crippen molar-refractivity contribution in [1.82, 2.24) is 0 Å². The molecule has 1 aliphatic heterocycles. The first-order valence-electron chi connectivity index (χ1n) is 11.3. The summed E-state index contributed by atoms with van der Waals surface area (Å²) in [5.41, 5.74) is -1.56. The molecule has 0 saturated carbocycles. The maximum Gasteiger partial charge on any atom is 0.416 e. The molecular weight excluding hydrogens is 506 g/mol. The van der Waals surface area contributed by atoms with Gasteiger partial charge in [0.1, 0.15) is 0 Å². The van der Waals surface area contributed by atoms with E-state index in [1.165, 1.54) is 16.9 Å². The Morgan fingerprint density at radius 2 is 1.41 bits per heavy atom. The Bertz CT molecular complexity index is 1160. The highest BCUT2D eigenvalue weighted by molar-refractivity contribution is 5.96. The maximum atomic E-state index is 13.6. The third-order valence-corrected chi connectivity index (χ3v) is 6.44. The molecule has 2 aromatic carbocycles. The van der Waals surface area contributed by atoms with Gasteiger partial charge in [-0.15, -0.1) is 0 Å². The molecule has 2 unspecified atom stereocenters. The molecule has 1 heterocycles. The summed E-state index contributed by atoms with van der Waals surface area (Å²) in [6.45, 7) is 5.20. The molecule has 0 fully saturated rings. The fourth-order valence-electron chi connectivity index (χ4n) is 4.41. The van der Waals surface area contributed by atoms with Gasteiger partial charge in [0.25, 0.3) is 0 Å². The Morgan fingerprint density at radius 3 is 1.84 bits per heavy atom. The Kier molecular flexibility index (Phi) is 7.71. The first-order valence-corrected chi connectivity index (χ1v) is 11.3. The number of hydrogen-bond donors (Lipinski definition) is 0. The van der Waals surface area contributed by atoms with E-state index >= 15 is 0 Å². The molecule has 12 heteroatoms. The quantitative estimate of drug-likeness (QED) is 0.336. The average Bonchev–Trinajstić information content (AvgIpc) is 2.82. The highest BCUT2D eigenvalue weighted by Crippen LogP contribution is 2.45. The van der Waals surface area contributed by atoms with E-state index in [0.29, 0.717) is 24.2 Å². The van der Waals surface area contributed by atoms with Crippen molar-refractivity contribution >= 4 is 23.4 Å². The van der Waals surface area contributed by atoms with Crippen LogP contribution in [-0.4, -0.2) is 38.9 Å². The van der Waals surface area contributed by atoms with Gasteiger partial charge in [-0.1, -0.05) is 6.92 Å². The molecule has 202 valence electrons. The number of methoxy groups -OCH3 is 2. The lowest BCUT2D eigenvalue weighted by Gasteiger charge is -2.45. The summed E-state index contributed by atoms with van der Waals surface area (Å²) >= 11 is 0. The minimum atomic E-state index is -5.10. The van der Waals surface area contributed by atoms with Crippen molar-refractivity contribution in [3.05, 3.63) is 58.1 Å². The smallest absolute Gasteiger partial charge is 0.416 e. The van der Waals surface area contributed by atoms with Crippen LogP contribution in [0.3, 0.4) is 0 Å². The normalized spacial score (nSPS) is 16.8. The lowest BCUT2D eigenvalue weighted by atomic mass is 9.94. The molecule has 0 radical (unpaired) electrons. The Labute approximate surface area is 209 Å². The number of fused-ring (bicyclic) bond motifs is 1. The van der Waals surface area contributed by atoms with Crippen molar-refractivity contribution in [2.45, 2.75) is 51.6 Å². The van der Waals surface area contributed by atoms with Gasteiger partial charge < -0.3 is 14.4 Å². The zero-order valence-electron chi connectivity index (χ0n) is 20.8. The number of carbonyl (C=O) groups excluding carboxylic acids is 2. The number of halogens is 6. The number of amides is 1. The van der Waals surface area contributed by atoms with E-state index in [0.717, 1.165) is 18.2 Å². The minimum absolute atomic E-state index is 0.00331. The van der Waals surface area contributed by atoms with Crippen LogP contribution >= 0.6 is 0 Å². The number of aryl methyl sites for hydroxylation is 2. The van der Waals surface area contributed by atoms with Gasteiger partial charge in [-0.25, -0.2) is 9.59 Å². The van der Waals surface area contributed by atoms with E-state index in [9.17, 15) is 35.9 Å². The minimum Gasteiger partial charge on any atom is -0.467 e. The average molecular weight is 532 g/mol. The number of anilines is 2. The number of rotatable bonds is 4.